The zero-order valence-electron chi connectivity index (χ0n) is 10.8. The summed E-state index contributed by atoms with van der Waals surface area (Å²) in [7, 11) is 0. The average Bonchev–Trinajstić information content (AvgIpc) is 2.83. The Morgan fingerprint density at radius 1 is 1.26 bits per heavy atom. The van der Waals surface area contributed by atoms with Gasteiger partial charge in [0.15, 0.2) is 0 Å². The minimum atomic E-state index is 0.00471. The Morgan fingerprint density at radius 3 is 2.74 bits per heavy atom. The van der Waals surface area contributed by atoms with Crippen molar-refractivity contribution in [1.82, 2.24) is 15.6 Å². The maximum Gasteiger partial charge on any atom is 0.234 e. The van der Waals surface area contributed by atoms with Gasteiger partial charge < -0.3 is 10.6 Å². The van der Waals surface area contributed by atoms with Crippen LogP contribution in [0.4, 0.5) is 0 Å². The number of carbonyl (C=O) groups excluding carboxylic acids is 1. The number of hydrogen-bond donors (Lipinski definition) is 2. The third-order valence-electron chi connectivity index (χ3n) is 2.59. The summed E-state index contributed by atoms with van der Waals surface area (Å²) in [5.41, 5.74) is 1.11. The molecule has 2 rings (SSSR count). The fourth-order valence-corrected chi connectivity index (χ4v) is 2.41. The van der Waals surface area contributed by atoms with Crippen molar-refractivity contribution in [2.45, 2.75) is 20.0 Å². The molecule has 4 nitrogen and oxygen atoms in total. The Labute approximate surface area is 116 Å². The largest absolute Gasteiger partial charge is 0.351 e. The third kappa shape index (κ3) is 4.81. The van der Waals surface area contributed by atoms with Crippen molar-refractivity contribution in [2.24, 2.45) is 0 Å². The highest BCUT2D eigenvalue weighted by Crippen LogP contribution is 2.10. The highest BCUT2D eigenvalue weighted by Gasteiger charge is 2.02. The molecule has 0 atom stereocenters. The number of aromatic nitrogens is 1. The van der Waals surface area contributed by atoms with E-state index < -0.39 is 0 Å². The van der Waals surface area contributed by atoms with Crippen molar-refractivity contribution >= 4 is 17.2 Å². The second kappa shape index (κ2) is 7.01. The van der Waals surface area contributed by atoms with Crippen LogP contribution < -0.4 is 10.6 Å². The van der Waals surface area contributed by atoms with Crippen LogP contribution in [0.15, 0.2) is 36.5 Å². The molecule has 0 saturated carbocycles. The first-order chi connectivity index (χ1) is 9.24. The molecule has 1 amide bonds. The minimum absolute atomic E-state index is 0.00471. The van der Waals surface area contributed by atoms with Gasteiger partial charge in [0.25, 0.3) is 0 Å². The van der Waals surface area contributed by atoms with E-state index in [9.17, 15) is 4.79 Å². The lowest BCUT2D eigenvalue weighted by atomic mass is 10.2. The van der Waals surface area contributed by atoms with Gasteiger partial charge in [0.05, 0.1) is 11.6 Å². The predicted molar refractivity (Wildman–Crippen MR) is 76.8 cm³/mol. The lowest BCUT2D eigenvalue weighted by Crippen LogP contribution is -2.33. The maximum atomic E-state index is 11.6. The lowest BCUT2D eigenvalue weighted by molar-refractivity contribution is -0.120. The van der Waals surface area contributed by atoms with E-state index in [0.717, 1.165) is 15.4 Å². The third-order valence-corrected chi connectivity index (χ3v) is 3.50. The number of amides is 1. The van der Waals surface area contributed by atoms with Crippen LogP contribution in [0.3, 0.4) is 0 Å². The molecule has 0 unspecified atom stereocenters. The van der Waals surface area contributed by atoms with E-state index in [4.69, 9.17) is 0 Å². The number of aryl methyl sites for hydroxylation is 1. The Bertz CT molecular complexity index is 524. The SMILES string of the molecule is Cc1ncc(CNCC(=O)NCc2ccccc2)s1. The first-order valence-corrected chi connectivity index (χ1v) is 6.98. The summed E-state index contributed by atoms with van der Waals surface area (Å²) in [6.07, 6.45) is 1.84. The van der Waals surface area contributed by atoms with Gasteiger partial charge in [0, 0.05) is 24.2 Å². The molecule has 0 spiro atoms. The van der Waals surface area contributed by atoms with Gasteiger partial charge in [-0.15, -0.1) is 11.3 Å². The summed E-state index contributed by atoms with van der Waals surface area (Å²) in [4.78, 5) is 16.9. The smallest absolute Gasteiger partial charge is 0.234 e. The first-order valence-electron chi connectivity index (χ1n) is 6.16. The Morgan fingerprint density at radius 2 is 2.05 bits per heavy atom. The van der Waals surface area contributed by atoms with E-state index in [1.54, 1.807) is 11.3 Å². The standard InChI is InChI=1S/C14H17N3OS/c1-11-16-9-13(19-11)8-15-10-14(18)17-7-12-5-3-2-4-6-12/h2-6,9,15H,7-8,10H2,1H3,(H,17,18). The van der Waals surface area contributed by atoms with Gasteiger partial charge in [-0.2, -0.15) is 0 Å². The number of thiazole rings is 1. The number of nitrogens with one attached hydrogen (secondary N) is 2. The van der Waals surface area contributed by atoms with Crippen LogP contribution in [0.5, 0.6) is 0 Å². The van der Waals surface area contributed by atoms with Crippen molar-refractivity contribution in [3.8, 4) is 0 Å². The Hall–Kier alpha value is -1.72. The van der Waals surface area contributed by atoms with Crippen molar-refractivity contribution in [3.63, 3.8) is 0 Å². The number of rotatable bonds is 6. The number of hydrogen-bond acceptors (Lipinski definition) is 4. The van der Waals surface area contributed by atoms with Gasteiger partial charge in [0.1, 0.15) is 0 Å². The van der Waals surface area contributed by atoms with Crippen LogP contribution in [0, 0.1) is 6.92 Å². The van der Waals surface area contributed by atoms with Crippen molar-refractivity contribution < 1.29 is 4.79 Å². The van der Waals surface area contributed by atoms with Crippen LogP contribution in [0.1, 0.15) is 15.4 Å². The molecule has 0 bridgehead atoms. The van der Waals surface area contributed by atoms with Crippen molar-refractivity contribution in [1.29, 1.82) is 0 Å². The molecule has 0 saturated heterocycles. The van der Waals surface area contributed by atoms with E-state index in [1.165, 1.54) is 0 Å². The second-order valence-electron chi connectivity index (χ2n) is 4.21. The molecule has 5 heteroatoms. The molecular formula is C14H17N3OS. The summed E-state index contributed by atoms with van der Waals surface area (Å²) in [5.74, 6) is 0.00471. The first kappa shape index (κ1) is 13.7. The highest BCUT2D eigenvalue weighted by molar-refractivity contribution is 7.11. The molecular weight excluding hydrogens is 258 g/mol. The molecule has 0 aliphatic heterocycles. The highest BCUT2D eigenvalue weighted by atomic mass is 32.1. The summed E-state index contributed by atoms with van der Waals surface area (Å²) in [5, 5.41) is 7.03. The summed E-state index contributed by atoms with van der Waals surface area (Å²) >= 11 is 1.64. The predicted octanol–water partition coefficient (Wildman–Crippen LogP) is 1.86. The van der Waals surface area contributed by atoms with E-state index in [0.29, 0.717) is 19.6 Å². The molecule has 1 aromatic carbocycles. The average molecular weight is 275 g/mol. The Balaban J connectivity index is 1.65. The molecule has 0 aliphatic rings. The molecule has 0 aliphatic carbocycles. The monoisotopic (exact) mass is 275 g/mol. The van der Waals surface area contributed by atoms with Crippen LogP contribution in [0.25, 0.3) is 0 Å². The quantitative estimate of drug-likeness (QED) is 0.846. The molecule has 2 N–H and O–H groups in total. The van der Waals surface area contributed by atoms with Gasteiger partial charge in [0.2, 0.25) is 5.91 Å². The van der Waals surface area contributed by atoms with Gasteiger partial charge >= 0.3 is 0 Å². The minimum Gasteiger partial charge on any atom is -0.351 e. The summed E-state index contributed by atoms with van der Waals surface area (Å²) in [6.45, 7) is 3.55. The van der Waals surface area contributed by atoms with Crippen LogP contribution >= 0.6 is 11.3 Å². The van der Waals surface area contributed by atoms with E-state index in [2.05, 4.69) is 15.6 Å². The second-order valence-corrected chi connectivity index (χ2v) is 5.53. The van der Waals surface area contributed by atoms with Gasteiger partial charge in [-0.3, -0.25) is 4.79 Å². The van der Waals surface area contributed by atoms with Gasteiger partial charge in [-0.1, -0.05) is 30.3 Å². The topological polar surface area (TPSA) is 54.0 Å². The molecule has 1 aromatic heterocycles. The molecule has 0 fully saturated rings. The molecule has 19 heavy (non-hydrogen) atoms. The Kier molecular flexibility index (Phi) is 5.06. The van der Waals surface area contributed by atoms with Crippen LogP contribution in [0.2, 0.25) is 0 Å². The summed E-state index contributed by atoms with van der Waals surface area (Å²) in [6, 6.07) is 9.88. The van der Waals surface area contributed by atoms with Crippen molar-refractivity contribution in [3.05, 3.63) is 52.0 Å². The van der Waals surface area contributed by atoms with E-state index in [1.807, 2.05) is 43.5 Å². The zero-order valence-corrected chi connectivity index (χ0v) is 11.7. The zero-order chi connectivity index (χ0) is 13.5. The fourth-order valence-electron chi connectivity index (χ4n) is 1.65. The van der Waals surface area contributed by atoms with E-state index in [-0.39, 0.29) is 5.91 Å². The summed E-state index contributed by atoms with van der Waals surface area (Å²) < 4.78 is 0. The van der Waals surface area contributed by atoms with Crippen molar-refractivity contribution in [2.75, 3.05) is 6.54 Å². The number of nitrogens with zero attached hydrogens (tertiary/aromatic N) is 1. The maximum absolute atomic E-state index is 11.6. The molecule has 0 radical (unpaired) electrons. The van der Waals surface area contributed by atoms with Crippen LogP contribution in [-0.2, 0) is 17.9 Å². The van der Waals surface area contributed by atoms with Crippen LogP contribution in [-0.4, -0.2) is 17.4 Å². The van der Waals surface area contributed by atoms with E-state index >= 15 is 0 Å². The molecule has 2 aromatic rings. The molecule has 1 heterocycles. The number of carbonyl (C=O) groups is 1. The molecule has 100 valence electrons. The lowest BCUT2D eigenvalue weighted by Gasteiger charge is -2.06. The number of benzene rings is 1. The van der Waals surface area contributed by atoms with Gasteiger partial charge in [-0.25, -0.2) is 4.98 Å². The van der Waals surface area contributed by atoms with Gasteiger partial charge in [-0.05, 0) is 12.5 Å². The normalized spacial score (nSPS) is 10.4. The fraction of sp³-hybridized carbons (Fsp3) is 0.286.